The fourth-order valence-electron chi connectivity index (χ4n) is 1.20. The van der Waals surface area contributed by atoms with Crippen LogP contribution in [0.3, 0.4) is 0 Å². The van der Waals surface area contributed by atoms with Gasteiger partial charge < -0.3 is 10.2 Å². The second-order valence-corrected chi connectivity index (χ2v) is 4.25. The Balaban J connectivity index is 2.48. The highest BCUT2D eigenvalue weighted by Crippen LogP contribution is 2.07. The monoisotopic (exact) mass is 240 g/mol. The molecule has 0 radical (unpaired) electrons. The first-order chi connectivity index (χ1) is 7.99. The molecule has 5 nitrogen and oxygen atoms in total. The summed E-state index contributed by atoms with van der Waals surface area (Å²) in [6.07, 6.45) is 1.13. The normalized spacial score (nSPS) is 10.4. The summed E-state index contributed by atoms with van der Waals surface area (Å²) >= 11 is 0. The van der Waals surface area contributed by atoms with E-state index in [2.05, 4.69) is 15.3 Å². The number of aromatic nitrogens is 2. The van der Waals surface area contributed by atoms with Gasteiger partial charge in [0.1, 0.15) is 12.1 Å². The van der Waals surface area contributed by atoms with Crippen molar-refractivity contribution in [2.75, 3.05) is 25.0 Å². The van der Waals surface area contributed by atoms with Crippen LogP contribution in [0.4, 0.5) is 10.2 Å². The summed E-state index contributed by atoms with van der Waals surface area (Å²) in [6.45, 7) is 4.81. The Morgan fingerprint density at radius 2 is 2.24 bits per heavy atom. The summed E-state index contributed by atoms with van der Waals surface area (Å²) in [6, 6.07) is 1.19. The highest BCUT2D eigenvalue weighted by molar-refractivity contribution is 5.80. The first kappa shape index (κ1) is 13.3. The van der Waals surface area contributed by atoms with Crippen molar-refractivity contribution >= 4 is 11.7 Å². The molecule has 1 heterocycles. The Kier molecular flexibility index (Phi) is 4.81. The zero-order valence-electron chi connectivity index (χ0n) is 10.3. The minimum Gasteiger partial charge on any atom is -0.354 e. The van der Waals surface area contributed by atoms with Gasteiger partial charge in [0, 0.05) is 19.7 Å². The maximum Gasteiger partial charge on any atom is 0.239 e. The number of anilines is 1. The molecule has 1 amide bonds. The Morgan fingerprint density at radius 1 is 1.53 bits per heavy atom. The molecule has 1 rings (SSSR count). The van der Waals surface area contributed by atoms with Gasteiger partial charge in [-0.15, -0.1) is 0 Å². The molecule has 0 aliphatic rings. The highest BCUT2D eigenvalue weighted by Gasteiger charge is 2.09. The van der Waals surface area contributed by atoms with Crippen LogP contribution in [0, 0.1) is 11.9 Å². The van der Waals surface area contributed by atoms with E-state index in [-0.39, 0.29) is 12.5 Å². The molecule has 1 N–H and O–H groups in total. The molecule has 0 bridgehead atoms. The standard InChI is InChI=1S/C11H17FN4O/c1-8(2)5-13-11(17)6-16(3)10-4-9(12)14-7-15-10/h4,7-8H,5-6H2,1-3H3,(H,13,17). The van der Waals surface area contributed by atoms with E-state index in [0.717, 1.165) is 6.33 Å². The van der Waals surface area contributed by atoms with E-state index in [4.69, 9.17) is 0 Å². The first-order valence-corrected chi connectivity index (χ1v) is 5.44. The molecule has 0 aliphatic carbocycles. The maximum absolute atomic E-state index is 12.8. The second-order valence-electron chi connectivity index (χ2n) is 4.25. The van der Waals surface area contributed by atoms with Crippen molar-refractivity contribution < 1.29 is 9.18 Å². The van der Waals surface area contributed by atoms with Gasteiger partial charge in [-0.1, -0.05) is 13.8 Å². The number of likely N-dealkylation sites (N-methyl/N-ethyl adjacent to an activating group) is 1. The maximum atomic E-state index is 12.8. The molecule has 0 atom stereocenters. The fourth-order valence-corrected chi connectivity index (χ4v) is 1.20. The number of amides is 1. The van der Waals surface area contributed by atoms with E-state index in [1.54, 1.807) is 11.9 Å². The Labute approximate surface area is 100 Å². The minimum absolute atomic E-state index is 0.111. The lowest BCUT2D eigenvalue weighted by Gasteiger charge is -2.17. The van der Waals surface area contributed by atoms with Gasteiger partial charge in [-0.25, -0.2) is 9.97 Å². The van der Waals surface area contributed by atoms with Crippen molar-refractivity contribution in [3.63, 3.8) is 0 Å². The van der Waals surface area contributed by atoms with Crippen molar-refractivity contribution in [2.45, 2.75) is 13.8 Å². The van der Waals surface area contributed by atoms with Crippen molar-refractivity contribution in [2.24, 2.45) is 5.92 Å². The number of nitrogens with one attached hydrogen (secondary N) is 1. The number of hydrogen-bond donors (Lipinski definition) is 1. The van der Waals surface area contributed by atoms with Crippen LogP contribution in [0.15, 0.2) is 12.4 Å². The van der Waals surface area contributed by atoms with Crippen LogP contribution < -0.4 is 10.2 Å². The summed E-state index contributed by atoms with van der Waals surface area (Å²) < 4.78 is 12.8. The van der Waals surface area contributed by atoms with Crippen LogP contribution in [-0.2, 0) is 4.79 Å². The van der Waals surface area contributed by atoms with E-state index in [0.29, 0.717) is 18.3 Å². The van der Waals surface area contributed by atoms with Crippen LogP contribution in [-0.4, -0.2) is 36.0 Å². The van der Waals surface area contributed by atoms with Crippen LogP contribution in [0.1, 0.15) is 13.8 Å². The topological polar surface area (TPSA) is 58.1 Å². The average molecular weight is 240 g/mol. The van der Waals surface area contributed by atoms with E-state index in [1.807, 2.05) is 13.8 Å². The Morgan fingerprint density at radius 3 is 2.82 bits per heavy atom. The molecule has 17 heavy (non-hydrogen) atoms. The molecule has 6 heteroatoms. The van der Waals surface area contributed by atoms with E-state index < -0.39 is 5.95 Å². The molecule has 0 saturated carbocycles. The van der Waals surface area contributed by atoms with Crippen LogP contribution in [0.25, 0.3) is 0 Å². The van der Waals surface area contributed by atoms with E-state index in [1.165, 1.54) is 6.07 Å². The summed E-state index contributed by atoms with van der Waals surface area (Å²) in [5, 5.41) is 2.78. The van der Waals surface area contributed by atoms with Gasteiger partial charge in [0.15, 0.2) is 0 Å². The Bertz CT molecular complexity index is 383. The molecule has 0 fully saturated rings. The lowest BCUT2D eigenvalue weighted by Crippen LogP contribution is -2.37. The van der Waals surface area contributed by atoms with Gasteiger partial charge in [0.05, 0.1) is 6.54 Å². The molecular formula is C11H17FN4O. The van der Waals surface area contributed by atoms with E-state index >= 15 is 0 Å². The Hall–Kier alpha value is -1.72. The molecule has 1 aromatic heterocycles. The molecule has 0 aromatic carbocycles. The number of hydrogen-bond acceptors (Lipinski definition) is 4. The van der Waals surface area contributed by atoms with Gasteiger partial charge in [0.25, 0.3) is 0 Å². The summed E-state index contributed by atoms with van der Waals surface area (Å²) in [7, 11) is 1.68. The molecular weight excluding hydrogens is 223 g/mol. The van der Waals surface area contributed by atoms with Crippen LogP contribution in [0.5, 0.6) is 0 Å². The molecule has 94 valence electrons. The third-order valence-corrected chi connectivity index (χ3v) is 2.10. The van der Waals surface area contributed by atoms with Crippen molar-refractivity contribution in [3.05, 3.63) is 18.3 Å². The molecule has 1 aromatic rings. The largest absolute Gasteiger partial charge is 0.354 e. The average Bonchev–Trinajstić information content (AvgIpc) is 2.26. The number of rotatable bonds is 5. The first-order valence-electron chi connectivity index (χ1n) is 5.44. The third kappa shape index (κ3) is 4.76. The predicted molar refractivity (Wildman–Crippen MR) is 63.1 cm³/mol. The van der Waals surface area contributed by atoms with Gasteiger partial charge in [0.2, 0.25) is 11.9 Å². The summed E-state index contributed by atoms with van der Waals surface area (Å²) in [5.41, 5.74) is 0. The summed E-state index contributed by atoms with van der Waals surface area (Å²) in [4.78, 5) is 20.3. The molecule has 0 spiro atoms. The third-order valence-electron chi connectivity index (χ3n) is 2.10. The molecule has 0 aliphatic heterocycles. The van der Waals surface area contributed by atoms with Gasteiger partial charge in [-0.05, 0) is 5.92 Å². The van der Waals surface area contributed by atoms with Crippen molar-refractivity contribution in [3.8, 4) is 0 Å². The van der Waals surface area contributed by atoms with E-state index in [9.17, 15) is 9.18 Å². The van der Waals surface area contributed by atoms with Crippen LogP contribution >= 0.6 is 0 Å². The van der Waals surface area contributed by atoms with Crippen molar-refractivity contribution in [1.82, 2.24) is 15.3 Å². The van der Waals surface area contributed by atoms with Crippen molar-refractivity contribution in [1.29, 1.82) is 0 Å². The number of carbonyl (C=O) groups excluding carboxylic acids is 1. The highest BCUT2D eigenvalue weighted by atomic mass is 19.1. The number of nitrogens with zero attached hydrogens (tertiary/aromatic N) is 3. The lowest BCUT2D eigenvalue weighted by molar-refractivity contribution is -0.119. The minimum atomic E-state index is -0.607. The quantitative estimate of drug-likeness (QED) is 0.774. The predicted octanol–water partition coefficient (Wildman–Crippen LogP) is 0.824. The summed E-state index contributed by atoms with van der Waals surface area (Å²) in [5.74, 6) is 0.0719. The molecule has 0 saturated heterocycles. The fraction of sp³-hybridized carbons (Fsp3) is 0.545. The van der Waals surface area contributed by atoms with Gasteiger partial charge in [-0.2, -0.15) is 4.39 Å². The SMILES string of the molecule is CC(C)CNC(=O)CN(C)c1cc(F)ncn1. The smallest absolute Gasteiger partial charge is 0.239 e. The van der Waals surface area contributed by atoms with Gasteiger partial charge in [-0.3, -0.25) is 4.79 Å². The number of halogens is 1. The van der Waals surface area contributed by atoms with Crippen LogP contribution in [0.2, 0.25) is 0 Å². The zero-order valence-corrected chi connectivity index (χ0v) is 10.3. The zero-order chi connectivity index (χ0) is 12.8. The molecule has 0 unspecified atom stereocenters. The lowest BCUT2D eigenvalue weighted by atomic mass is 10.2. The number of carbonyl (C=O) groups is 1. The van der Waals surface area contributed by atoms with Gasteiger partial charge >= 0.3 is 0 Å². The second kappa shape index (κ2) is 6.12.